The third kappa shape index (κ3) is 14.7. The van der Waals surface area contributed by atoms with Gasteiger partial charge in [0.05, 0.1) is 23.3 Å². The van der Waals surface area contributed by atoms with Crippen LogP contribution in [0.1, 0.15) is 81.6 Å². The van der Waals surface area contributed by atoms with Gasteiger partial charge in [-0.3, -0.25) is 33.9 Å². The summed E-state index contributed by atoms with van der Waals surface area (Å²) in [5, 5.41) is 6.91. The zero-order valence-corrected chi connectivity index (χ0v) is 42.7. The van der Waals surface area contributed by atoms with Gasteiger partial charge in [-0.25, -0.2) is 0 Å². The summed E-state index contributed by atoms with van der Waals surface area (Å²) >= 11 is 13.6. The third-order valence-electron chi connectivity index (χ3n) is 12.6. The van der Waals surface area contributed by atoms with E-state index < -0.39 is 5.79 Å². The molecule has 5 aromatic rings. The Hall–Kier alpha value is -5.78. The van der Waals surface area contributed by atoms with Gasteiger partial charge in [-0.15, -0.1) is 11.3 Å². The molecule has 0 unspecified atom stereocenters. The number of fused-ring (bicyclic) bond motifs is 2. The molecule has 3 saturated heterocycles. The first-order valence-electron chi connectivity index (χ1n) is 24.4. The number of ether oxygens (including phenoxy) is 3. The highest BCUT2D eigenvalue weighted by Crippen LogP contribution is 2.44. The molecule has 0 radical (unpaired) electrons. The number of halogens is 2. The predicted molar refractivity (Wildman–Crippen MR) is 277 cm³/mol. The number of carbonyl (C=O) groups is 5. The van der Waals surface area contributed by atoms with Crippen LogP contribution in [-0.4, -0.2) is 113 Å². The normalized spacial score (nSPS) is 16.3. The van der Waals surface area contributed by atoms with Crippen molar-refractivity contribution in [2.24, 2.45) is 5.73 Å². The van der Waals surface area contributed by atoms with Crippen molar-refractivity contribution in [3.63, 3.8) is 0 Å². The number of nitrogens with two attached hydrogens (primary N) is 1. The fourth-order valence-corrected chi connectivity index (χ4v) is 10.4. The summed E-state index contributed by atoms with van der Waals surface area (Å²) in [5.74, 6) is 1.51. The molecule has 0 aliphatic carbocycles. The first kappa shape index (κ1) is 53.0. The molecule has 1 spiro atoms. The molecule has 5 amide bonds. The van der Waals surface area contributed by atoms with Crippen molar-refractivity contribution < 1.29 is 38.2 Å². The molecule has 4 aliphatic heterocycles. The monoisotopic (exact) mass is 1030 g/mol. The summed E-state index contributed by atoms with van der Waals surface area (Å²) in [6, 6.07) is 25.0. The number of likely N-dealkylation sites (tertiary alicyclic amines) is 3. The number of amides is 5. The minimum atomic E-state index is -0.549. The van der Waals surface area contributed by atoms with Gasteiger partial charge in [-0.1, -0.05) is 60.5 Å². The Bertz CT molecular complexity index is 2590. The average molecular weight is 1030 g/mol. The van der Waals surface area contributed by atoms with Gasteiger partial charge in [-0.05, 0) is 93.2 Å². The van der Waals surface area contributed by atoms with E-state index in [9.17, 15) is 24.0 Å². The highest BCUT2D eigenvalue weighted by Gasteiger charge is 2.44. The number of rotatable bonds is 15. The number of aryl methyl sites for hydroxylation is 1. The summed E-state index contributed by atoms with van der Waals surface area (Å²) in [6.07, 6.45) is 8.18. The predicted octanol–water partition coefficient (Wildman–Crippen LogP) is 8.31. The van der Waals surface area contributed by atoms with Gasteiger partial charge >= 0.3 is 0 Å². The molecular formula is C53H63Cl2N7O8S. The number of piperidine rings is 2. The first-order chi connectivity index (χ1) is 34.3. The molecule has 3 aromatic carbocycles. The van der Waals surface area contributed by atoms with Gasteiger partial charge in [0.25, 0.3) is 5.79 Å². The average Bonchev–Trinajstić information content (AvgIpc) is 4.06. The van der Waals surface area contributed by atoms with Crippen LogP contribution in [-0.2, 0) is 30.5 Å². The van der Waals surface area contributed by atoms with Crippen molar-refractivity contribution in [1.29, 1.82) is 0 Å². The van der Waals surface area contributed by atoms with Gasteiger partial charge in [0.15, 0.2) is 11.5 Å². The number of nitrogens with zero attached hydrogens (tertiary/aromatic N) is 4. The largest absolute Gasteiger partial charge is 0.489 e. The van der Waals surface area contributed by atoms with Gasteiger partial charge in [-0.2, -0.15) is 0 Å². The number of imide groups is 1. The van der Waals surface area contributed by atoms with E-state index in [1.165, 1.54) is 16.2 Å². The third-order valence-corrected chi connectivity index (χ3v) is 14.2. The maximum absolute atomic E-state index is 12.2. The van der Waals surface area contributed by atoms with E-state index in [0.717, 1.165) is 112 Å². The molecule has 18 heteroatoms. The smallest absolute Gasteiger partial charge is 0.255 e. The molecule has 3 fully saturated rings. The molecule has 9 rings (SSSR count). The summed E-state index contributed by atoms with van der Waals surface area (Å²) in [7, 11) is 0. The maximum atomic E-state index is 12.2. The Kier molecular flexibility index (Phi) is 19.1. The van der Waals surface area contributed by atoms with Crippen molar-refractivity contribution in [1.82, 2.24) is 30.3 Å². The number of benzene rings is 3. The lowest BCUT2D eigenvalue weighted by atomic mass is 10.0. The second-order valence-corrected chi connectivity index (χ2v) is 19.9. The highest BCUT2D eigenvalue weighted by atomic mass is 35.5. The number of hydrogen-bond donors (Lipinski definition) is 3. The second-order valence-electron chi connectivity index (χ2n) is 17.9. The molecule has 6 heterocycles. The highest BCUT2D eigenvalue weighted by molar-refractivity contribution is 7.19. The van der Waals surface area contributed by atoms with Crippen molar-refractivity contribution in [2.45, 2.75) is 96.5 Å². The van der Waals surface area contributed by atoms with E-state index in [4.69, 9.17) is 43.1 Å². The fourth-order valence-electron chi connectivity index (χ4n) is 8.87. The Morgan fingerprint density at radius 3 is 2.13 bits per heavy atom. The van der Waals surface area contributed by atoms with Crippen LogP contribution in [0.5, 0.6) is 17.2 Å². The van der Waals surface area contributed by atoms with Crippen LogP contribution in [0, 0.1) is 6.92 Å². The topological polar surface area (TPSA) is 186 Å². The van der Waals surface area contributed by atoms with Gasteiger partial charge in [0.2, 0.25) is 29.5 Å². The van der Waals surface area contributed by atoms with Crippen molar-refractivity contribution in [3.8, 4) is 28.4 Å². The molecule has 4 N–H and O–H groups in total. The number of para-hydroxylation sites is 2. The Morgan fingerprint density at radius 1 is 0.831 bits per heavy atom. The molecule has 378 valence electrons. The Balaban J connectivity index is 0.000000231. The molecule has 2 aromatic heterocycles. The standard InChI is InChI=1S/C32H39ClN6O5S.C15H19NO3.C6H5Cl/c1-20-15-21(33)16-25(24-5-10-35-26-17-23(45-32(24)26)19-39-29(42)3-4-30(39)43)31(20)44-22-7-13-38(14-8-22)12-2-9-36-27(40)6-11-37-28(41)18-34;1-2-5-14(17)16-10-8-15(9-11-16)18-12-6-3-4-7-13(12)19-15;7-6-4-2-1-3-5-6/h5,10,15-17,22H,2-4,6-9,11-14,18-19,34H2,1H3,(H,36,40)(H,37,41);3-4,6-7H,2,5,8-11H2,1H3;1-5H. The summed E-state index contributed by atoms with van der Waals surface area (Å²) in [6.45, 7) is 9.19. The van der Waals surface area contributed by atoms with Crippen LogP contribution in [0.15, 0.2) is 85.1 Å². The molecule has 0 bridgehead atoms. The Labute approximate surface area is 429 Å². The van der Waals surface area contributed by atoms with E-state index >= 15 is 0 Å². The zero-order chi connectivity index (χ0) is 50.3. The molecule has 0 saturated carbocycles. The number of thiophene rings is 1. The molecule has 15 nitrogen and oxygen atoms in total. The number of nitrogens with one attached hydrogen (secondary N) is 2. The lowest BCUT2D eigenvalue weighted by molar-refractivity contribution is -0.146. The van der Waals surface area contributed by atoms with Crippen molar-refractivity contribution >= 4 is 74.3 Å². The van der Waals surface area contributed by atoms with E-state index in [0.29, 0.717) is 31.1 Å². The van der Waals surface area contributed by atoms with Crippen LogP contribution >= 0.6 is 34.5 Å². The lowest BCUT2D eigenvalue weighted by Crippen LogP contribution is -2.51. The van der Waals surface area contributed by atoms with E-state index in [1.807, 2.05) is 97.6 Å². The lowest BCUT2D eigenvalue weighted by Gasteiger charge is -2.37. The quantitative estimate of drug-likeness (QED) is 0.0677. The van der Waals surface area contributed by atoms with Crippen LogP contribution in [0.25, 0.3) is 21.3 Å². The van der Waals surface area contributed by atoms with E-state index in [-0.39, 0.29) is 74.5 Å². The van der Waals surface area contributed by atoms with E-state index in [2.05, 4.69) is 20.5 Å². The van der Waals surface area contributed by atoms with Gasteiger partial charge in [0.1, 0.15) is 11.9 Å². The van der Waals surface area contributed by atoms with Gasteiger partial charge < -0.3 is 40.4 Å². The van der Waals surface area contributed by atoms with Crippen LogP contribution in [0.4, 0.5) is 0 Å². The number of carbonyl (C=O) groups excluding carboxylic acids is 5. The molecule has 0 atom stereocenters. The number of aromatic nitrogens is 1. The first-order valence-corrected chi connectivity index (χ1v) is 26.0. The summed E-state index contributed by atoms with van der Waals surface area (Å²) in [4.78, 5) is 70.5. The van der Waals surface area contributed by atoms with Crippen LogP contribution < -0.4 is 30.6 Å². The number of pyridine rings is 1. The summed E-state index contributed by atoms with van der Waals surface area (Å²) < 4.78 is 19.6. The maximum Gasteiger partial charge on any atom is 0.255 e. The summed E-state index contributed by atoms with van der Waals surface area (Å²) in [5.41, 5.74) is 8.85. The molecule has 4 aliphatic rings. The van der Waals surface area contributed by atoms with Crippen molar-refractivity contribution in [2.75, 3.05) is 52.4 Å². The second kappa shape index (κ2) is 25.6. The minimum Gasteiger partial charge on any atom is -0.489 e. The zero-order valence-electron chi connectivity index (χ0n) is 40.4. The Morgan fingerprint density at radius 2 is 1.49 bits per heavy atom. The molecular weight excluding hydrogens is 966 g/mol. The van der Waals surface area contributed by atoms with Crippen molar-refractivity contribution in [3.05, 3.63) is 106 Å². The van der Waals surface area contributed by atoms with Crippen LogP contribution in [0.3, 0.4) is 0 Å². The fraction of sp³-hybridized carbons (Fsp3) is 0.434. The van der Waals surface area contributed by atoms with Gasteiger partial charge in [0, 0.05) is 110 Å². The number of hydrogen-bond acceptors (Lipinski definition) is 12. The SMILES string of the molecule is CCCC(=O)N1CCC2(CC1)Oc1ccccc1O2.Cc1cc(Cl)cc(-c2ccnc3cc(CN4C(=O)CCC4=O)sc23)c1OC1CCN(CCCNC(=O)CCNC(=O)CN)CC1.Clc1ccccc1. The van der Waals surface area contributed by atoms with E-state index in [1.54, 1.807) is 6.20 Å². The molecule has 71 heavy (non-hydrogen) atoms. The minimum absolute atomic E-state index is 0.0479. The van der Waals surface area contributed by atoms with Crippen LogP contribution in [0.2, 0.25) is 10.0 Å².